The lowest BCUT2D eigenvalue weighted by Gasteiger charge is -2.40. The zero-order valence-electron chi connectivity index (χ0n) is 13.8. The van der Waals surface area contributed by atoms with Gasteiger partial charge < -0.3 is 9.64 Å². The van der Waals surface area contributed by atoms with Crippen LogP contribution in [0.5, 0.6) is 0 Å². The van der Waals surface area contributed by atoms with Gasteiger partial charge in [-0.2, -0.15) is 0 Å². The first-order chi connectivity index (χ1) is 11.4. The van der Waals surface area contributed by atoms with Crippen molar-refractivity contribution < 1.29 is 4.74 Å². The number of ether oxygens (including phenoxy) is 1. The lowest BCUT2D eigenvalue weighted by Crippen LogP contribution is -2.51. The molecule has 23 heavy (non-hydrogen) atoms. The van der Waals surface area contributed by atoms with Gasteiger partial charge in [0, 0.05) is 57.3 Å². The summed E-state index contributed by atoms with van der Waals surface area (Å²) in [5.74, 6) is 0. The fourth-order valence-electron chi connectivity index (χ4n) is 3.12. The normalized spacial score (nSPS) is 17.2. The van der Waals surface area contributed by atoms with E-state index < -0.39 is 0 Å². The molecule has 0 radical (unpaired) electrons. The first-order valence-corrected chi connectivity index (χ1v) is 8.41. The van der Waals surface area contributed by atoms with E-state index in [9.17, 15) is 0 Å². The Balaban J connectivity index is 1.59. The molecule has 0 aliphatic carbocycles. The third-order valence-electron chi connectivity index (χ3n) is 4.36. The summed E-state index contributed by atoms with van der Waals surface area (Å²) in [6.45, 7) is 6.94. The standard InChI is InChI=1S/C19H25N3O/c1-2-23-19(16-17-6-4-3-5-7-17)22-14-12-21(13-15-22)18-8-10-20-11-9-18/h3-11,19H,2,12-16H2,1H3. The molecule has 3 rings (SSSR count). The van der Waals surface area contributed by atoms with Crippen LogP contribution in [0.3, 0.4) is 0 Å². The molecule has 0 spiro atoms. The summed E-state index contributed by atoms with van der Waals surface area (Å²) in [7, 11) is 0. The van der Waals surface area contributed by atoms with Crippen LogP contribution in [-0.4, -0.2) is 48.9 Å². The molecule has 1 unspecified atom stereocenters. The molecule has 4 nitrogen and oxygen atoms in total. The molecule has 1 aromatic carbocycles. The zero-order chi connectivity index (χ0) is 15.9. The highest BCUT2D eigenvalue weighted by Crippen LogP contribution is 2.18. The second-order valence-electron chi connectivity index (χ2n) is 5.83. The van der Waals surface area contributed by atoms with Crippen molar-refractivity contribution in [2.75, 3.05) is 37.7 Å². The number of piperazine rings is 1. The molecule has 0 amide bonds. The maximum Gasteiger partial charge on any atom is 0.114 e. The Bertz CT molecular complexity index is 568. The van der Waals surface area contributed by atoms with Crippen molar-refractivity contribution in [1.29, 1.82) is 0 Å². The number of rotatable bonds is 6. The molecule has 1 aliphatic rings. The van der Waals surface area contributed by atoms with Crippen LogP contribution in [0.25, 0.3) is 0 Å². The Morgan fingerprint density at radius 3 is 2.35 bits per heavy atom. The maximum absolute atomic E-state index is 6.02. The van der Waals surface area contributed by atoms with Crippen molar-refractivity contribution in [3.63, 3.8) is 0 Å². The average molecular weight is 311 g/mol. The Hall–Kier alpha value is -1.91. The molecule has 0 saturated carbocycles. The number of hydrogen-bond acceptors (Lipinski definition) is 4. The van der Waals surface area contributed by atoms with Gasteiger partial charge in [-0.15, -0.1) is 0 Å². The topological polar surface area (TPSA) is 28.6 Å². The van der Waals surface area contributed by atoms with Crippen LogP contribution in [0, 0.1) is 0 Å². The van der Waals surface area contributed by atoms with Crippen LogP contribution in [0.15, 0.2) is 54.9 Å². The lowest BCUT2D eigenvalue weighted by atomic mass is 10.1. The quantitative estimate of drug-likeness (QED) is 0.820. The van der Waals surface area contributed by atoms with E-state index in [-0.39, 0.29) is 6.23 Å². The van der Waals surface area contributed by atoms with Gasteiger partial charge in [-0.05, 0) is 24.6 Å². The summed E-state index contributed by atoms with van der Waals surface area (Å²) in [6.07, 6.45) is 4.84. The molecule has 4 heteroatoms. The summed E-state index contributed by atoms with van der Waals surface area (Å²) < 4.78 is 6.02. The molecule has 2 heterocycles. The Kier molecular flexibility index (Phi) is 5.61. The van der Waals surface area contributed by atoms with Gasteiger partial charge in [0.05, 0.1) is 0 Å². The zero-order valence-corrected chi connectivity index (χ0v) is 13.8. The molecule has 0 bridgehead atoms. The molecule has 1 atom stereocenters. The van der Waals surface area contributed by atoms with Gasteiger partial charge in [0.15, 0.2) is 0 Å². The first kappa shape index (κ1) is 16.0. The van der Waals surface area contributed by atoms with Gasteiger partial charge in [-0.25, -0.2) is 0 Å². The van der Waals surface area contributed by atoms with Gasteiger partial charge in [0.1, 0.15) is 6.23 Å². The number of nitrogens with zero attached hydrogens (tertiary/aromatic N) is 3. The van der Waals surface area contributed by atoms with Crippen molar-refractivity contribution >= 4 is 5.69 Å². The molecule has 2 aromatic rings. The van der Waals surface area contributed by atoms with Gasteiger partial charge in [0.25, 0.3) is 0 Å². The number of pyridine rings is 1. The highest BCUT2D eigenvalue weighted by molar-refractivity contribution is 5.44. The molecule has 1 fully saturated rings. The van der Waals surface area contributed by atoms with Crippen LogP contribution in [-0.2, 0) is 11.2 Å². The van der Waals surface area contributed by atoms with Crippen molar-refractivity contribution in [2.45, 2.75) is 19.6 Å². The maximum atomic E-state index is 6.02. The molecule has 1 aliphatic heterocycles. The van der Waals surface area contributed by atoms with E-state index in [2.05, 4.69) is 64.2 Å². The van der Waals surface area contributed by atoms with Gasteiger partial charge in [0.2, 0.25) is 0 Å². The molecular weight excluding hydrogens is 286 g/mol. The van der Waals surface area contributed by atoms with Crippen LogP contribution < -0.4 is 4.90 Å². The average Bonchev–Trinajstić information content (AvgIpc) is 2.63. The van der Waals surface area contributed by atoms with E-state index in [1.54, 1.807) is 0 Å². The number of anilines is 1. The van der Waals surface area contributed by atoms with E-state index in [1.807, 2.05) is 12.4 Å². The van der Waals surface area contributed by atoms with Crippen molar-refractivity contribution in [1.82, 2.24) is 9.88 Å². The minimum absolute atomic E-state index is 0.169. The van der Waals surface area contributed by atoms with Gasteiger partial charge in [-0.1, -0.05) is 30.3 Å². The predicted molar refractivity (Wildman–Crippen MR) is 93.6 cm³/mol. The summed E-state index contributed by atoms with van der Waals surface area (Å²) >= 11 is 0. The third-order valence-corrected chi connectivity index (χ3v) is 4.36. The highest BCUT2D eigenvalue weighted by Gasteiger charge is 2.24. The van der Waals surface area contributed by atoms with E-state index in [0.29, 0.717) is 0 Å². The third kappa shape index (κ3) is 4.30. The van der Waals surface area contributed by atoms with Crippen LogP contribution >= 0.6 is 0 Å². The van der Waals surface area contributed by atoms with Gasteiger partial charge in [-0.3, -0.25) is 9.88 Å². The van der Waals surface area contributed by atoms with Crippen LogP contribution in [0.4, 0.5) is 5.69 Å². The first-order valence-electron chi connectivity index (χ1n) is 8.41. The predicted octanol–water partition coefficient (Wildman–Crippen LogP) is 2.81. The van der Waals surface area contributed by atoms with E-state index >= 15 is 0 Å². The van der Waals surface area contributed by atoms with Crippen molar-refractivity contribution in [2.24, 2.45) is 0 Å². The van der Waals surface area contributed by atoms with E-state index in [4.69, 9.17) is 4.74 Å². The van der Waals surface area contributed by atoms with Crippen molar-refractivity contribution in [3.8, 4) is 0 Å². The smallest absolute Gasteiger partial charge is 0.114 e. The monoisotopic (exact) mass is 311 g/mol. The minimum atomic E-state index is 0.169. The van der Waals surface area contributed by atoms with E-state index in [0.717, 1.165) is 39.2 Å². The van der Waals surface area contributed by atoms with Gasteiger partial charge >= 0.3 is 0 Å². The van der Waals surface area contributed by atoms with Crippen molar-refractivity contribution in [3.05, 3.63) is 60.4 Å². The van der Waals surface area contributed by atoms with Crippen LogP contribution in [0.2, 0.25) is 0 Å². The molecular formula is C19H25N3O. The summed E-state index contributed by atoms with van der Waals surface area (Å²) in [6, 6.07) is 14.8. The second-order valence-corrected chi connectivity index (χ2v) is 5.83. The molecule has 1 saturated heterocycles. The summed E-state index contributed by atoms with van der Waals surface area (Å²) in [5.41, 5.74) is 2.60. The second kappa shape index (κ2) is 8.09. The summed E-state index contributed by atoms with van der Waals surface area (Å²) in [5, 5.41) is 0. The number of benzene rings is 1. The molecule has 0 N–H and O–H groups in total. The van der Waals surface area contributed by atoms with Crippen LogP contribution in [0.1, 0.15) is 12.5 Å². The van der Waals surface area contributed by atoms with E-state index in [1.165, 1.54) is 11.3 Å². The number of aromatic nitrogens is 1. The largest absolute Gasteiger partial charge is 0.369 e. The summed E-state index contributed by atoms with van der Waals surface area (Å²) in [4.78, 5) is 8.98. The SMILES string of the molecule is CCOC(Cc1ccccc1)N1CCN(c2ccncc2)CC1. The Labute approximate surface area is 138 Å². The fraction of sp³-hybridized carbons (Fsp3) is 0.421. The lowest BCUT2D eigenvalue weighted by molar-refractivity contribution is -0.0560. The minimum Gasteiger partial charge on any atom is -0.369 e. The molecule has 1 aromatic heterocycles. The highest BCUT2D eigenvalue weighted by atomic mass is 16.5. The Morgan fingerprint density at radius 1 is 1.00 bits per heavy atom. The number of hydrogen-bond donors (Lipinski definition) is 0. The molecule has 122 valence electrons. The fourth-order valence-corrected chi connectivity index (χ4v) is 3.12. The Morgan fingerprint density at radius 2 is 1.70 bits per heavy atom.